The maximum absolute atomic E-state index is 13.8. The number of carbonyl (C=O) groups excluding carboxylic acids is 2. The molecule has 0 aromatic heterocycles. The van der Waals surface area contributed by atoms with Crippen molar-refractivity contribution in [2.75, 3.05) is 11.4 Å². The number of hydrogen-bond acceptors (Lipinski definition) is 2. The van der Waals surface area contributed by atoms with Gasteiger partial charge in [-0.1, -0.05) is 20.8 Å². The first-order chi connectivity index (χ1) is 9.20. The quantitative estimate of drug-likeness (QED) is 0.854. The highest BCUT2D eigenvalue weighted by atomic mass is 19.1. The van der Waals surface area contributed by atoms with Crippen molar-refractivity contribution in [3.05, 3.63) is 29.8 Å². The zero-order valence-corrected chi connectivity index (χ0v) is 11.5. The van der Waals surface area contributed by atoms with E-state index in [1.807, 2.05) is 0 Å². The second kappa shape index (κ2) is 4.85. The second-order valence-electron chi connectivity index (χ2n) is 5.89. The smallest absolute Gasteiger partial charge is 0.250 e. The Morgan fingerprint density at radius 1 is 1.25 bits per heavy atom. The molecule has 0 bridgehead atoms. The van der Waals surface area contributed by atoms with Gasteiger partial charge in [-0.3, -0.25) is 14.5 Å². The maximum Gasteiger partial charge on any atom is 0.250 e. The molecule has 1 aromatic carbocycles. The molecule has 1 atom stereocenters. The number of benzene rings is 1. The number of carbonyl (C=O) groups is 2. The van der Waals surface area contributed by atoms with Gasteiger partial charge in [0.1, 0.15) is 24.2 Å². The highest BCUT2D eigenvalue weighted by Gasteiger charge is 2.41. The average molecular weight is 282 g/mol. The summed E-state index contributed by atoms with van der Waals surface area (Å²) in [5.74, 6) is -2.23. The van der Waals surface area contributed by atoms with Crippen LogP contribution in [-0.4, -0.2) is 24.4 Å². The molecular weight excluding hydrogens is 266 g/mol. The third-order valence-electron chi connectivity index (χ3n) is 3.19. The number of nitrogens with one attached hydrogen (secondary N) is 1. The molecule has 1 N–H and O–H groups in total. The predicted molar refractivity (Wildman–Crippen MR) is 70.1 cm³/mol. The first-order valence-electron chi connectivity index (χ1n) is 6.26. The Morgan fingerprint density at radius 3 is 2.50 bits per heavy atom. The summed E-state index contributed by atoms with van der Waals surface area (Å²) in [5.41, 5.74) is -0.728. The van der Waals surface area contributed by atoms with Crippen LogP contribution in [0.4, 0.5) is 14.5 Å². The van der Waals surface area contributed by atoms with Crippen LogP contribution < -0.4 is 10.2 Å². The zero-order chi connectivity index (χ0) is 15.1. The Hall–Kier alpha value is -1.98. The van der Waals surface area contributed by atoms with Gasteiger partial charge in [0.15, 0.2) is 0 Å². The van der Waals surface area contributed by atoms with E-state index in [9.17, 15) is 18.4 Å². The van der Waals surface area contributed by atoms with Gasteiger partial charge < -0.3 is 5.32 Å². The molecule has 1 unspecified atom stereocenters. The summed E-state index contributed by atoms with van der Waals surface area (Å²) < 4.78 is 27.0. The first-order valence-corrected chi connectivity index (χ1v) is 6.26. The molecule has 1 aliphatic rings. The lowest BCUT2D eigenvalue weighted by Gasteiger charge is -2.38. The molecule has 6 heteroatoms. The van der Waals surface area contributed by atoms with Crippen LogP contribution in [0.2, 0.25) is 0 Å². The van der Waals surface area contributed by atoms with Crippen molar-refractivity contribution in [3.8, 4) is 0 Å². The number of anilines is 1. The molecule has 2 amide bonds. The molecule has 0 radical (unpaired) electrons. The minimum absolute atomic E-state index is 0.209. The van der Waals surface area contributed by atoms with Gasteiger partial charge >= 0.3 is 0 Å². The van der Waals surface area contributed by atoms with Crippen LogP contribution in [0.15, 0.2) is 18.2 Å². The summed E-state index contributed by atoms with van der Waals surface area (Å²) in [4.78, 5) is 25.1. The molecule has 1 heterocycles. The van der Waals surface area contributed by atoms with Crippen molar-refractivity contribution in [1.82, 2.24) is 5.32 Å². The first kappa shape index (κ1) is 14.4. The largest absolute Gasteiger partial charge is 0.342 e. The van der Waals surface area contributed by atoms with E-state index in [0.717, 1.165) is 23.1 Å². The fraction of sp³-hybridized carbons (Fsp3) is 0.429. The van der Waals surface area contributed by atoms with E-state index in [4.69, 9.17) is 0 Å². The number of hydrogen-bond donors (Lipinski definition) is 1. The highest BCUT2D eigenvalue weighted by Crippen LogP contribution is 2.28. The zero-order valence-electron chi connectivity index (χ0n) is 11.5. The monoisotopic (exact) mass is 282 g/mol. The normalized spacial score (nSPS) is 20.1. The predicted octanol–water partition coefficient (Wildman–Crippen LogP) is 1.84. The SMILES string of the molecule is CC(C)(C)C1NC(=O)CN(c2cc(F)ccc2F)C1=O. The van der Waals surface area contributed by atoms with E-state index in [-0.39, 0.29) is 12.2 Å². The molecule has 1 saturated heterocycles. The fourth-order valence-corrected chi connectivity index (χ4v) is 2.13. The highest BCUT2D eigenvalue weighted by molar-refractivity contribution is 6.07. The topological polar surface area (TPSA) is 49.4 Å². The summed E-state index contributed by atoms with van der Waals surface area (Å²) in [6.45, 7) is 5.07. The third-order valence-corrected chi connectivity index (χ3v) is 3.19. The molecule has 1 fully saturated rings. The minimum Gasteiger partial charge on any atom is -0.342 e. The van der Waals surface area contributed by atoms with Crippen molar-refractivity contribution < 1.29 is 18.4 Å². The van der Waals surface area contributed by atoms with Crippen LogP contribution in [0.1, 0.15) is 20.8 Å². The van der Waals surface area contributed by atoms with Gasteiger partial charge in [0.25, 0.3) is 5.91 Å². The molecule has 108 valence electrons. The van der Waals surface area contributed by atoms with Gasteiger partial charge in [0.05, 0.1) is 5.69 Å². The van der Waals surface area contributed by atoms with Gasteiger partial charge in [-0.25, -0.2) is 8.78 Å². The summed E-state index contributed by atoms with van der Waals surface area (Å²) in [5, 5.41) is 2.59. The second-order valence-corrected chi connectivity index (χ2v) is 5.89. The van der Waals surface area contributed by atoms with Crippen molar-refractivity contribution >= 4 is 17.5 Å². The van der Waals surface area contributed by atoms with E-state index in [2.05, 4.69) is 5.32 Å². The number of rotatable bonds is 1. The number of nitrogens with zero attached hydrogens (tertiary/aromatic N) is 1. The molecular formula is C14H16F2N2O2. The molecule has 0 aliphatic carbocycles. The van der Waals surface area contributed by atoms with Crippen molar-refractivity contribution in [1.29, 1.82) is 0 Å². The molecule has 1 aliphatic heterocycles. The number of piperazine rings is 1. The Kier molecular flexibility index (Phi) is 3.50. The average Bonchev–Trinajstić information content (AvgIpc) is 2.33. The van der Waals surface area contributed by atoms with Crippen molar-refractivity contribution in [3.63, 3.8) is 0 Å². The summed E-state index contributed by atoms with van der Waals surface area (Å²) in [6.07, 6.45) is 0. The molecule has 1 aromatic rings. The summed E-state index contributed by atoms with van der Waals surface area (Å²) in [7, 11) is 0. The van der Waals surface area contributed by atoms with Gasteiger partial charge in [-0.05, 0) is 17.5 Å². The van der Waals surface area contributed by atoms with Crippen LogP contribution in [0.25, 0.3) is 0 Å². The summed E-state index contributed by atoms with van der Waals surface area (Å²) >= 11 is 0. The third kappa shape index (κ3) is 2.64. The standard InChI is InChI=1S/C14H16F2N2O2/c1-14(2,3)12-13(20)18(7-11(19)17-12)10-6-8(15)4-5-9(10)16/h4-6,12H,7H2,1-3H3,(H,17,19). The minimum atomic E-state index is -0.772. The van der Waals surface area contributed by atoms with Crippen LogP contribution >= 0.6 is 0 Å². The number of amides is 2. The molecule has 2 rings (SSSR count). The lowest BCUT2D eigenvalue weighted by Crippen LogP contribution is -2.62. The van der Waals surface area contributed by atoms with Crippen LogP contribution in [0.5, 0.6) is 0 Å². The van der Waals surface area contributed by atoms with Crippen LogP contribution in [0.3, 0.4) is 0 Å². The van der Waals surface area contributed by atoms with Crippen molar-refractivity contribution in [2.24, 2.45) is 5.41 Å². The fourth-order valence-electron chi connectivity index (χ4n) is 2.13. The Bertz CT molecular complexity index is 567. The Balaban J connectivity index is 2.43. The van der Waals surface area contributed by atoms with Gasteiger partial charge in [0.2, 0.25) is 5.91 Å². The lowest BCUT2D eigenvalue weighted by molar-refractivity contribution is -0.133. The van der Waals surface area contributed by atoms with Gasteiger partial charge in [-0.2, -0.15) is 0 Å². The molecule has 0 saturated carbocycles. The number of halogens is 2. The molecule has 0 spiro atoms. The van der Waals surface area contributed by atoms with E-state index < -0.39 is 34.9 Å². The van der Waals surface area contributed by atoms with E-state index >= 15 is 0 Å². The molecule has 20 heavy (non-hydrogen) atoms. The van der Waals surface area contributed by atoms with Gasteiger partial charge in [0, 0.05) is 6.07 Å². The summed E-state index contributed by atoms with van der Waals surface area (Å²) in [6, 6.07) is 2.06. The van der Waals surface area contributed by atoms with Gasteiger partial charge in [-0.15, -0.1) is 0 Å². The van der Waals surface area contributed by atoms with E-state index in [1.165, 1.54) is 0 Å². The van der Waals surface area contributed by atoms with Crippen LogP contribution in [0, 0.1) is 17.0 Å². The van der Waals surface area contributed by atoms with Crippen molar-refractivity contribution in [2.45, 2.75) is 26.8 Å². The van der Waals surface area contributed by atoms with E-state index in [1.54, 1.807) is 20.8 Å². The van der Waals surface area contributed by atoms with Crippen LogP contribution in [-0.2, 0) is 9.59 Å². The maximum atomic E-state index is 13.8. The van der Waals surface area contributed by atoms with E-state index in [0.29, 0.717) is 0 Å². The Labute approximate surface area is 115 Å². The Morgan fingerprint density at radius 2 is 1.90 bits per heavy atom. The lowest BCUT2D eigenvalue weighted by atomic mass is 9.84. The molecule has 4 nitrogen and oxygen atoms in total.